The molecule has 1 aliphatic heterocycles. The van der Waals surface area contributed by atoms with Crippen molar-refractivity contribution in [3.8, 4) is 11.1 Å². The van der Waals surface area contributed by atoms with Gasteiger partial charge in [0.25, 0.3) is 0 Å². The van der Waals surface area contributed by atoms with E-state index < -0.39 is 5.60 Å². The number of rotatable bonds is 7. The Hall–Kier alpha value is -4.48. The van der Waals surface area contributed by atoms with Gasteiger partial charge < -0.3 is 15.1 Å². The zero-order valence-corrected chi connectivity index (χ0v) is 22.2. The second-order valence-corrected chi connectivity index (χ2v) is 10.2. The van der Waals surface area contributed by atoms with Crippen LogP contribution >= 0.6 is 0 Å². The van der Waals surface area contributed by atoms with Crippen LogP contribution < -0.4 is 4.90 Å². The summed E-state index contributed by atoms with van der Waals surface area (Å²) >= 11 is 0. The molecule has 6 rings (SSSR count). The average molecular weight is 541 g/mol. The summed E-state index contributed by atoms with van der Waals surface area (Å²) < 4.78 is 16.9. The molecule has 1 aromatic carbocycles. The number of aliphatic hydroxyl groups excluding tert-OH is 1. The van der Waals surface area contributed by atoms with Crippen LogP contribution in [0, 0.1) is 5.82 Å². The monoisotopic (exact) mass is 540 g/mol. The molecular weight excluding hydrogens is 511 g/mol. The summed E-state index contributed by atoms with van der Waals surface area (Å²) in [5.41, 5.74) is 4.57. The molecule has 2 atom stereocenters. The van der Waals surface area contributed by atoms with Gasteiger partial charge >= 0.3 is 0 Å². The van der Waals surface area contributed by atoms with E-state index in [4.69, 9.17) is 0 Å². The van der Waals surface area contributed by atoms with Crippen molar-refractivity contribution in [1.82, 2.24) is 34.3 Å². The number of hydrogen-bond donors (Lipinski definition) is 2. The van der Waals surface area contributed by atoms with Crippen molar-refractivity contribution in [3.63, 3.8) is 0 Å². The van der Waals surface area contributed by atoms with Gasteiger partial charge in [0, 0.05) is 54.6 Å². The van der Waals surface area contributed by atoms with E-state index in [0.29, 0.717) is 30.2 Å². The molecule has 11 heteroatoms. The Morgan fingerprint density at radius 1 is 1.00 bits per heavy atom. The maximum Gasteiger partial charge on any atom is 0.225 e. The number of fused-ring (bicyclic) bond motifs is 1. The number of benzene rings is 1. The predicted octanol–water partition coefficient (Wildman–Crippen LogP) is 3.62. The van der Waals surface area contributed by atoms with Crippen LogP contribution in [0.3, 0.4) is 0 Å². The molecule has 4 aromatic heterocycles. The Morgan fingerprint density at radius 2 is 1.77 bits per heavy atom. The van der Waals surface area contributed by atoms with Crippen LogP contribution in [-0.2, 0) is 5.60 Å². The van der Waals surface area contributed by atoms with Crippen molar-refractivity contribution in [3.05, 3.63) is 96.4 Å². The molecule has 1 aliphatic rings. The summed E-state index contributed by atoms with van der Waals surface area (Å²) in [5.74, 6) is 0.213. The van der Waals surface area contributed by atoms with Crippen molar-refractivity contribution in [2.24, 2.45) is 0 Å². The van der Waals surface area contributed by atoms with Crippen molar-refractivity contribution in [2.75, 3.05) is 24.6 Å². The van der Waals surface area contributed by atoms with E-state index >= 15 is 0 Å². The molecule has 0 radical (unpaired) electrons. The number of hydrogen-bond acceptors (Lipinski definition) is 8. The topological polar surface area (TPSA) is 117 Å². The molecule has 5 aromatic rings. The summed E-state index contributed by atoms with van der Waals surface area (Å²) in [5, 5.41) is 29.3. The van der Waals surface area contributed by atoms with Gasteiger partial charge in [-0.1, -0.05) is 18.2 Å². The number of aliphatic hydroxyl groups is 2. The normalized spacial score (nSPS) is 16.1. The van der Waals surface area contributed by atoms with Gasteiger partial charge in [-0.2, -0.15) is 10.2 Å². The van der Waals surface area contributed by atoms with Crippen molar-refractivity contribution < 1.29 is 14.6 Å². The Balaban J connectivity index is 1.20. The molecule has 0 unspecified atom stereocenters. The first kappa shape index (κ1) is 25.8. The van der Waals surface area contributed by atoms with Gasteiger partial charge in [0.2, 0.25) is 5.95 Å². The number of aromatic nitrogens is 7. The molecule has 0 spiro atoms. The molecule has 40 heavy (non-hydrogen) atoms. The molecule has 10 nitrogen and oxygen atoms in total. The summed E-state index contributed by atoms with van der Waals surface area (Å²) in [6.45, 7) is 4.89. The Bertz CT molecular complexity index is 1670. The second-order valence-electron chi connectivity index (χ2n) is 10.2. The highest BCUT2D eigenvalue weighted by Gasteiger charge is 2.27. The SMILES string of the molecule is C[C@H](CO)n1cc(-c2cc3c(C4=CCN(c5ncc([C@@](C)(O)c6ccc(F)cc6)cn5)CC4)ncnn3c2)cn1. The zero-order valence-electron chi connectivity index (χ0n) is 22.2. The third-order valence-corrected chi connectivity index (χ3v) is 7.46. The maximum absolute atomic E-state index is 13.3. The average Bonchev–Trinajstić information content (AvgIpc) is 3.65. The molecule has 0 amide bonds. The van der Waals surface area contributed by atoms with Crippen LogP contribution in [0.25, 0.3) is 22.2 Å². The van der Waals surface area contributed by atoms with E-state index in [1.54, 1.807) is 48.7 Å². The van der Waals surface area contributed by atoms with Crippen LogP contribution in [-0.4, -0.2) is 64.3 Å². The highest BCUT2D eigenvalue weighted by Crippen LogP contribution is 2.31. The Morgan fingerprint density at radius 3 is 2.48 bits per heavy atom. The van der Waals surface area contributed by atoms with Crippen LogP contribution in [0.2, 0.25) is 0 Å². The molecule has 5 heterocycles. The van der Waals surface area contributed by atoms with Gasteiger partial charge in [-0.3, -0.25) is 4.68 Å². The van der Waals surface area contributed by atoms with Crippen LogP contribution in [0.1, 0.15) is 43.1 Å². The lowest BCUT2D eigenvalue weighted by Gasteiger charge is -2.28. The quantitative estimate of drug-likeness (QED) is 0.322. The minimum atomic E-state index is -1.34. The minimum Gasteiger partial charge on any atom is -0.394 e. The van der Waals surface area contributed by atoms with E-state index in [-0.39, 0.29) is 18.5 Å². The van der Waals surface area contributed by atoms with Crippen molar-refractivity contribution >= 4 is 17.0 Å². The fourth-order valence-corrected chi connectivity index (χ4v) is 4.89. The number of anilines is 1. The third kappa shape index (κ3) is 4.74. The minimum absolute atomic E-state index is 0.0195. The van der Waals surface area contributed by atoms with E-state index in [2.05, 4.69) is 42.2 Å². The van der Waals surface area contributed by atoms with Crippen LogP contribution in [0.15, 0.2) is 73.7 Å². The van der Waals surface area contributed by atoms with Crippen molar-refractivity contribution in [2.45, 2.75) is 31.9 Å². The molecule has 0 saturated heterocycles. The molecule has 0 saturated carbocycles. The van der Waals surface area contributed by atoms with Gasteiger partial charge in [0.05, 0.1) is 30.1 Å². The van der Waals surface area contributed by atoms with Crippen molar-refractivity contribution in [1.29, 1.82) is 0 Å². The summed E-state index contributed by atoms with van der Waals surface area (Å²) in [4.78, 5) is 15.7. The Labute approximate surface area is 230 Å². The lowest BCUT2D eigenvalue weighted by Crippen LogP contribution is -2.30. The van der Waals surface area contributed by atoms with Gasteiger partial charge in [-0.25, -0.2) is 23.9 Å². The van der Waals surface area contributed by atoms with Gasteiger partial charge in [0.1, 0.15) is 17.7 Å². The molecular formula is C29H29FN8O2. The van der Waals surface area contributed by atoms with Crippen LogP contribution in [0.5, 0.6) is 0 Å². The third-order valence-electron chi connectivity index (χ3n) is 7.46. The maximum atomic E-state index is 13.3. The molecule has 0 aliphatic carbocycles. The predicted molar refractivity (Wildman–Crippen MR) is 148 cm³/mol. The molecule has 2 N–H and O–H groups in total. The fraction of sp³-hybridized carbons (Fsp3) is 0.276. The largest absolute Gasteiger partial charge is 0.394 e. The summed E-state index contributed by atoms with van der Waals surface area (Å²) in [6, 6.07) is 7.72. The zero-order chi connectivity index (χ0) is 27.9. The first-order valence-electron chi connectivity index (χ1n) is 13.1. The fourth-order valence-electron chi connectivity index (χ4n) is 4.89. The molecule has 204 valence electrons. The Kier molecular flexibility index (Phi) is 6.60. The second kappa shape index (κ2) is 10.2. The van der Waals surface area contributed by atoms with E-state index in [9.17, 15) is 14.6 Å². The molecule has 0 bridgehead atoms. The lowest BCUT2D eigenvalue weighted by molar-refractivity contribution is 0.101. The van der Waals surface area contributed by atoms with Crippen LogP contribution in [0.4, 0.5) is 10.3 Å². The number of halogens is 1. The highest BCUT2D eigenvalue weighted by atomic mass is 19.1. The summed E-state index contributed by atoms with van der Waals surface area (Å²) in [6.07, 6.45) is 13.3. The standard InChI is InChI=1S/C29H29FN8O2/c1-19(17-39)37-16-22(12-34-37)21-11-26-27(33-18-35-38(26)15-21)20-7-9-36(10-8-20)28-31-13-24(14-32-28)29(2,40)23-3-5-25(30)6-4-23/h3-7,11-16,18-19,39-40H,8-10,17H2,1-2H3/t19-,29+/m1/s1. The molecule has 0 fully saturated rings. The van der Waals surface area contributed by atoms with E-state index in [0.717, 1.165) is 34.3 Å². The number of nitrogens with zero attached hydrogens (tertiary/aromatic N) is 8. The first-order valence-corrected chi connectivity index (χ1v) is 13.1. The lowest BCUT2D eigenvalue weighted by atomic mass is 9.90. The smallest absolute Gasteiger partial charge is 0.225 e. The van der Waals surface area contributed by atoms with E-state index in [1.807, 2.05) is 23.8 Å². The summed E-state index contributed by atoms with van der Waals surface area (Å²) in [7, 11) is 0. The first-order chi connectivity index (χ1) is 19.3. The van der Waals surface area contributed by atoms with E-state index in [1.165, 1.54) is 12.1 Å². The van der Waals surface area contributed by atoms with Gasteiger partial charge in [-0.05, 0) is 49.6 Å². The highest BCUT2D eigenvalue weighted by molar-refractivity contribution is 5.80. The van der Waals surface area contributed by atoms with Gasteiger partial charge in [0.15, 0.2) is 0 Å². The van der Waals surface area contributed by atoms with Gasteiger partial charge in [-0.15, -0.1) is 0 Å².